The van der Waals surface area contributed by atoms with Crippen LogP contribution in [0.1, 0.15) is 37.3 Å². The third-order valence-electron chi connectivity index (χ3n) is 3.31. The van der Waals surface area contributed by atoms with Crippen molar-refractivity contribution in [3.63, 3.8) is 0 Å². The summed E-state index contributed by atoms with van der Waals surface area (Å²) in [6.07, 6.45) is 7.11. The molecule has 0 aromatic heterocycles. The number of methoxy groups -OCH3 is 1. The first-order chi connectivity index (χ1) is 8.36. The summed E-state index contributed by atoms with van der Waals surface area (Å²) in [4.78, 5) is 0. The first kappa shape index (κ1) is 12.1. The average molecular weight is 232 g/mol. The summed E-state index contributed by atoms with van der Waals surface area (Å²) in [5.41, 5.74) is 5.41. The van der Waals surface area contributed by atoms with Gasteiger partial charge in [-0.3, -0.25) is 5.84 Å². The van der Waals surface area contributed by atoms with Crippen LogP contribution in [0.15, 0.2) is 35.9 Å². The molecule has 0 saturated carbocycles. The van der Waals surface area contributed by atoms with E-state index in [9.17, 15) is 0 Å². The third-order valence-corrected chi connectivity index (χ3v) is 3.31. The van der Waals surface area contributed by atoms with Crippen LogP contribution in [0.5, 0.6) is 5.75 Å². The lowest BCUT2D eigenvalue weighted by molar-refractivity contribution is 0.402. The number of allylic oxidation sites excluding steroid dienone is 1. The molecule has 1 aliphatic carbocycles. The zero-order valence-electron chi connectivity index (χ0n) is 10.3. The Morgan fingerprint density at radius 1 is 1.29 bits per heavy atom. The number of rotatable bonds is 4. The van der Waals surface area contributed by atoms with Gasteiger partial charge in [-0.2, -0.15) is 0 Å². The van der Waals surface area contributed by atoms with E-state index in [0.29, 0.717) is 0 Å². The number of hydrogen-bond donors (Lipinski definition) is 2. The highest BCUT2D eigenvalue weighted by Crippen LogP contribution is 2.33. The monoisotopic (exact) mass is 232 g/mol. The van der Waals surface area contributed by atoms with Gasteiger partial charge in [0.2, 0.25) is 0 Å². The van der Waals surface area contributed by atoms with E-state index in [1.54, 1.807) is 7.11 Å². The van der Waals surface area contributed by atoms with Crippen LogP contribution in [0, 0.1) is 0 Å². The molecule has 0 amide bonds. The normalized spacial score (nSPS) is 17.4. The molecule has 3 nitrogen and oxygen atoms in total. The van der Waals surface area contributed by atoms with Crippen LogP contribution in [0.4, 0.5) is 0 Å². The zero-order chi connectivity index (χ0) is 12.1. The van der Waals surface area contributed by atoms with Gasteiger partial charge in [0.15, 0.2) is 0 Å². The molecule has 92 valence electrons. The van der Waals surface area contributed by atoms with Crippen molar-refractivity contribution in [3.05, 3.63) is 41.5 Å². The fourth-order valence-corrected chi connectivity index (χ4v) is 2.43. The summed E-state index contributed by atoms with van der Waals surface area (Å²) in [6, 6.07) is 8.12. The molecule has 3 heteroatoms. The minimum atomic E-state index is 0.0754. The van der Waals surface area contributed by atoms with Crippen LogP contribution in [0.2, 0.25) is 0 Å². The van der Waals surface area contributed by atoms with E-state index < -0.39 is 0 Å². The van der Waals surface area contributed by atoms with Crippen LogP contribution in [0.25, 0.3) is 0 Å². The summed E-state index contributed by atoms with van der Waals surface area (Å²) in [5.74, 6) is 6.60. The molecule has 2 rings (SSSR count). The van der Waals surface area contributed by atoms with E-state index in [2.05, 4.69) is 17.6 Å². The molecule has 0 heterocycles. The second-order valence-corrected chi connectivity index (χ2v) is 4.37. The third kappa shape index (κ3) is 2.68. The molecule has 3 N–H and O–H groups in total. The van der Waals surface area contributed by atoms with Crippen molar-refractivity contribution in [3.8, 4) is 5.75 Å². The summed E-state index contributed by atoms with van der Waals surface area (Å²) in [5, 5.41) is 0. The zero-order valence-corrected chi connectivity index (χ0v) is 10.3. The minimum absolute atomic E-state index is 0.0754. The SMILES string of the molecule is COc1ccccc1C(NN)C1=CCCCC1. The molecule has 1 aromatic rings. The molecule has 1 aromatic carbocycles. The fourth-order valence-electron chi connectivity index (χ4n) is 2.43. The van der Waals surface area contributed by atoms with Gasteiger partial charge in [0.1, 0.15) is 5.75 Å². The number of hydrazine groups is 1. The Balaban J connectivity index is 2.31. The molecule has 0 fully saturated rings. The quantitative estimate of drug-likeness (QED) is 0.476. The van der Waals surface area contributed by atoms with Crippen LogP contribution >= 0.6 is 0 Å². The second-order valence-electron chi connectivity index (χ2n) is 4.37. The van der Waals surface area contributed by atoms with Crippen LogP contribution < -0.4 is 16.0 Å². The molecule has 0 bridgehead atoms. The van der Waals surface area contributed by atoms with E-state index in [-0.39, 0.29) is 6.04 Å². The highest BCUT2D eigenvalue weighted by atomic mass is 16.5. The molecule has 17 heavy (non-hydrogen) atoms. The minimum Gasteiger partial charge on any atom is -0.496 e. The Morgan fingerprint density at radius 2 is 2.12 bits per heavy atom. The maximum atomic E-state index is 5.71. The van der Waals surface area contributed by atoms with Crippen molar-refractivity contribution in [1.82, 2.24) is 5.43 Å². The number of benzene rings is 1. The predicted molar refractivity (Wildman–Crippen MR) is 69.6 cm³/mol. The van der Waals surface area contributed by atoms with Crippen LogP contribution in [-0.2, 0) is 0 Å². The lowest BCUT2D eigenvalue weighted by Crippen LogP contribution is -2.30. The van der Waals surface area contributed by atoms with Crippen molar-refractivity contribution < 1.29 is 4.74 Å². The van der Waals surface area contributed by atoms with Crippen LogP contribution in [-0.4, -0.2) is 7.11 Å². The van der Waals surface area contributed by atoms with Gasteiger partial charge in [-0.1, -0.05) is 29.8 Å². The lowest BCUT2D eigenvalue weighted by Gasteiger charge is -2.24. The lowest BCUT2D eigenvalue weighted by atomic mass is 9.90. The number of para-hydroxylation sites is 1. The molecule has 1 aliphatic rings. The number of hydrogen-bond acceptors (Lipinski definition) is 3. The van der Waals surface area contributed by atoms with E-state index in [4.69, 9.17) is 10.6 Å². The first-order valence-electron chi connectivity index (χ1n) is 6.14. The van der Waals surface area contributed by atoms with Gasteiger partial charge < -0.3 is 4.74 Å². The summed E-state index contributed by atoms with van der Waals surface area (Å²) in [7, 11) is 1.70. The number of ether oxygens (including phenoxy) is 1. The van der Waals surface area contributed by atoms with Gasteiger partial charge in [0.25, 0.3) is 0 Å². The Hall–Kier alpha value is -1.32. The van der Waals surface area contributed by atoms with E-state index in [1.807, 2.05) is 18.2 Å². The van der Waals surface area contributed by atoms with Crippen molar-refractivity contribution in [2.45, 2.75) is 31.7 Å². The maximum absolute atomic E-state index is 5.71. The molecule has 1 unspecified atom stereocenters. The second kappa shape index (κ2) is 5.84. The van der Waals surface area contributed by atoms with Gasteiger partial charge >= 0.3 is 0 Å². The van der Waals surface area contributed by atoms with Gasteiger partial charge in [-0.25, -0.2) is 5.43 Å². The largest absolute Gasteiger partial charge is 0.496 e. The van der Waals surface area contributed by atoms with Crippen LogP contribution in [0.3, 0.4) is 0 Å². The molecule has 1 atom stereocenters. The summed E-state index contributed by atoms with van der Waals surface area (Å²) >= 11 is 0. The van der Waals surface area contributed by atoms with E-state index in [1.165, 1.54) is 18.4 Å². The Morgan fingerprint density at radius 3 is 2.76 bits per heavy atom. The van der Waals surface area contributed by atoms with Crippen molar-refractivity contribution in [2.75, 3.05) is 7.11 Å². The number of nitrogens with one attached hydrogen (secondary N) is 1. The molecule has 0 radical (unpaired) electrons. The standard InChI is InChI=1S/C14H20N2O/c1-17-13-10-6-5-9-12(13)14(16-15)11-7-3-2-4-8-11/h5-7,9-10,14,16H,2-4,8,15H2,1H3. The maximum Gasteiger partial charge on any atom is 0.124 e. The molecular weight excluding hydrogens is 212 g/mol. The van der Waals surface area contributed by atoms with E-state index >= 15 is 0 Å². The molecular formula is C14H20N2O. The van der Waals surface area contributed by atoms with Crippen molar-refractivity contribution in [2.24, 2.45) is 5.84 Å². The molecule has 0 saturated heterocycles. The molecule has 0 spiro atoms. The van der Waals surface area contributed by atoms with Gasteiger partial charge in [0, 0.05) is 5.56 Å². The average Bonchev–Trinajstić information content (AvgIpc) is 2.41. The Bertz CT molecular complexity index is 401. The highest BCUT2D eigenvalue weighted by molar-refractivity contribution is 5.40. The van der Waals surface area contributed by atoms with Gasteiger partial charge in [-0.05, 0) is 31.7 Å². The van der Waals surface area contributed by atoms with Gasteiger partial charge in [0.05, 0.1) is 13.2 Å². The van der Waals surface area contributed by atoms with Crippen molar-refractivity contribution in [1.29, 1.82) is 0 Å². The Labute approximate surface area is 103 Å². The topological polar surface area (TPSA) is 47.3 Å². The smallest absolute Gasteiger partial charge is 0.124 e. The van der Waals surface area contributed by atoms with E-state index in [0.717, 1.165) is 24.2 Å². The fraction of sp³-hybridized carbons (Fsp3) is 0.429. The highest BCUT2D eigenvalue weighted by Gasteiger charge is 2.19. The molecule has 0 aliphatic heterocycles. The summed E-state index contributed by atoms with van der Waals surface area (Å²) in [6.45, 7) is 0. The predicted octanol–water partition coefficient (Wildman–Crippen LogP) is 2.70. The van der Waals surface area contributed by atoms with Crippen molar-refractivity contribution >= 4 is 0 Å². The summed E-state index contributed by atoms with van der Waals surface area (Å²) < 4.78 is 5.40. The first-order valence-corrected chi connectivity index (χ1v) is 6.14. The van der Waals surface area contributed by atoms with Gasteiger partial charge in [-0.15, -0.1) is 0 Å². The Kier molecular flexibility index (Phi) is 4.18. The number of nitrogens with two attached hydrogens (primary N) is 1.